The van der Waals surface area contributed by atoms with E-state index in [1.165, 1.54) is 24.3 Å². The molecule has 8 nitrogen and oxygen atoms in total. The van der Waals surface area contributed by atoms with Crippen LogP contribution in [0.3, 0.4) is 0 Å². The molecule has 2 aromatic rings. The maximum absolute atomic E-state index is 13.0. The molecular formula is C20H23FN4O4. The van der Waals surface area contributed by atoms with E-state index in [1.807, 2.05) is 6.92 Å². The first-order valence-corrected chi connectivity index (χ1v) is 9.40. The molecule has 1 aliphatic heterocycles. The molecule has 29 heavy (non-hydrogen) atoms. The molecular weight excluding hydrogens is 379 g/mol. The number of carbonyl (C=O) groups is 2. The number of halogens is 1. The summed E-state index contributed by atoms with van der Waals surface area (Å²) in [5.41, 5.74) is 0.349. The highest BCUT2D eigenvalue weighted by Crippen LogP contribution is 2.26. The number of hydrogen-bond acceptors (Lipinski definition) is 7. The lowest BCUT2D eigenvalue weighted by atomic mass is 10.1. The molecule has 0 spiro atoms. The van der Waals surface area contributed by atoms with Gasteiger partial charge in [-0.1, -0.05) is 12.1 Å². The number of piperidine rings is 1. The van der Waals surface area contributed by atoms with Crippen LogP contribution in [0.2, 0.25) is 0 Å². The largest absolute Gasteiger partial charge is 0.501 e. The predicted molar refractivity (Wildman–Crippen MR) is 102 cm³/mol. The van der Waals surface area contributed by atoms with Crippen molar-refractivity contribution in [1.82, 2.24) is 20.2 Å². The van der Waals surface area contributed by atoms with Crippen LogP contribution in [-0.4, -0.2) is 55.9 Å². The molecule has 0 aliphatic carbocycles. The third-order valence-corrected chi connectivity index (χ3v) is 4.95. The lowest BCUT2D eigenvalue weighted by Gasteiger charge is -2.31. The average Bonchev–Trinajstić information content (AvgIpc) is 2.70. The number of amides is 1. The standard InChI is InChI=1S/C20H23FN4O4/c1-12(25-8-6-15(26)7-9-25)10-16-23-17(18(27)20(29)24-16)19(28)22-11-13-2-4-14(21)5-3-13/h2-5,12,27H,6-11H2,1H3,(H,22,28)(H,23,24,29). The number of hydrogen-bond donors (Lipinski definition) is 3. The van der Waals surface area contributed by atoms with Crippen LogP contribution >= 0.6 is 0 Å². The quantitative estimate of drug-likeness (QED) is 0.671. The molecule has 1 fully saturated rings. The molecule has 154 valence electrons. The molecule has 1 unspecified atom stereocenters. The van der Waals surface area contributed by atoms with E-state index in [2.05, 4.69) is 20.2 Å². The Balaban J connectivity index is 1.68. The lowest BCUT2D eigenvalue weighted by Crippen LogP contribution is -2.41. The maximum Gasteiger partial charge on any atom is 0.274 e. The van der Waals surface area contributed by atoms with E-state index >= 15 is 0 Å². The van der Waals surface area contributed by atoms with Gasteiger partial charge in [0, 0.05) is 44.9 Å². The van der Waals surface area contributed by atoms with Crippen LogP contribution < -0.4 is 5.32 Å². The van der Waals surface area contributed by atoms with Gasteiger partial charge in [0.2, 0.25) is 5.75 Å². The molecule has 1 aromatic heterocycles. The van der Waals surface area contributed by atoms with Crippen molar-refractivity contribution >= 4 is 11.7 Å². The number of rotatable bonds is 6. The molecule has 1 atom stereocenters. The normalized spacial score (nSPS) is 15.9. The minimum absolute atomic E-state index is 0.00201. The lowest BCUT2D eigenvalue weighted by molar-refractivity contribution is -0.121. The van der Waals surface area contributed by atoms with E-state index in [9.17, 15) is 24.2 Å². The Bertz CT molecular complexity index is 894. The number of Topliss-reactive ketones (excluding diaryl/α,β-unsaturated/α-hetero) is 1. The van der Waals surface area contributed by atoms with Crippen molar-refractivity contribution in [3.8, 4) is 11.6 Å². The molecule has 0 saturated carbocycles. The van der Waals surface area contributed by atoms with E-state index in [0.29, 0.717) is 37.9 Å². The number of aromatic nitrogens is 2. The van der Waals surface area contributed by atoms with Crippen molar-refractivity contribution in [1.29, 1.82) is 0 Å². The van der Waals surface area contributed by atoms with Gasteiger partial charge in [-0.3, -0.25) is 14.5 Å². The van der Waals surface area contributed by atoms with Gasteiger partial charge in [-0.15, -0.1) is 0 Å². The second kappa shape index (κ2) is 8.95. The molecule has 0 bridgehead atoms. The summed E-state index contributed by atoms with van der Waals surface area (Å²) in [6, 6.07) is 5.63. The number of likely N-dealkylation sites (tertiary alicyclic amines) is 1. The number of nitrogens with one attached hydrogen (secondary N) is 1. The Kier molecular flexibility index (Phi) is 6.38. The number of benzene rings is 1. The molecule has 1 aliphatic rings. The highest BCUT2D eigenvalue weighted by atomic mass is 19.1. The monoisotopic (exact) mass is 402 g/mol. The average molecular weight is 402 g/mol. The smallest absolute Gasteiger partial charge is 0.274 e. The second-order valence-corrected chi connectivity index (χ2v) is 7.10. The molecule has 1 amide bonds. The van der Waals surface area contributed by atoms with Crippen molar-refractivity contribution in [3.05, 3.63) is 47.2 Å². The molecule has 3 N–H and O–H groups in total. The molecule has 0 radical (unpaired) electrons. The first kappa shape index (κ1) is 20.7. The van der Waals surface area contributed by atoms with Gasteiger partial charge >= 0.3 is 0 Å². The van der Waals surface area contributed by atoms with Crippen LogP contribution in [0.1, 0.15) is 41.6 Å². The molecule has 1 saturated heterocycles. The first-order chi connectivity index (χ1) is 13.8. The fourth-order valence-corrected chi connectivity index (χ4v) is 3.21. The molecule has 2 heterocycles. The fraction of sp³-hybridized carbons (Fsp3) is 0.400. The first-order valence-electron chi connectivity index (χ1n) is 9.40. The van der Waals surface area contributed by atoms with Crippen LogP contribution in [-0.2, 0) is 17.8 Å². The minimum Gasteiger partial charge on any atom is -0.501 e. The van der Waals surface area contributed by atoms with E-state index in [0.717, 1.165) is 0 Å². The zero-order valence-corrected chi connectivity index (χ0v) is 16.1. The van der Waals surface area contributed by atoms with Crippen LogP contribution in [0, 0.1) is 5.82 Å². The van der Waals surface area contributed by atoms with Crippen LogP contribution in [0.15, 0.2) is 24.3 Å². The Morgan fingerprint density at radius 1 is 1.21 bits per heavy atom. The maximum atomic E-state index is 13.0. The second-order valence-electron chi connectivity index (χ2n) is 7.10. The number of carbonyl (C=O) groups excluding carboxylic acids is 2. The van der Waals surface area contributed by atoms with Gasteiger partial charge < -0.3 is 15.5 Å². The van der Waals surface area contributed by atoms with Crippen LogP contribution in [0.25, 0.3) is 0 Å². The Morgan fingerprint density at radius 2 is 1.86 bits per heavy atom. The van der Waals surface area contributed by atoms with Gasteiger partial charge in [-0.05, 0) is 24.6 Å². The molecule has 3 rings (SSSR count). The highest BCUT2D eigenvalue weighted by molar-refractivity contribution is 5.95. The van der Waals surface area contributed by atoms with Crippen molar-refractivity contribution in [3.63, 3.8) is 0 Å². The summed E-state index contributed by atoms with van der Waals surface area (Å²) in [4.78, 5) is 34.0. The summed E-state index contributed by atoms with van der Waals surface area (Å²) in [5, 5.41) is 22.5. The summed E-state index contributed by atoms with van der Waals surface area (Å²) in [6.45, 7) is 3.36. The zero-order chi connectivity index (χ0) is 21.0. The SMILES string of the molecule is CC(Cc1nc(O)c(O)c(C(=O)NCc2ccc(F)cc2)n1)N1CCC(=O)CC1. The Labute approximate surface area is 167 Å². The van der Waals surface area contributed by atoms with E-state index in [1.54, 1.807) is 0 Å². The van der Waals surface area contributed by atoms with Gasteiger partial charge in [-0.2, -0.15) is 4.98 Å². The van der Waals surface area contributed by atoms with Crippen molar-refractivity contribution in [2.45, 2.75) is 38.8 Å². The number of aromatic hydroxyl groups is 2. The van der Waals surface area contributed by atoms with Crippen LogP contribution in [0.5, 0.6) is 11.6 Å². The van der Waals surface area contributed by atoms with E-state index in [-0.39, 0.29) is 35.7 Å². The summed E-state index contributed by atoms with van der Waals surface area (Å²) in [6.07, 6.45) is 1.35. The van der Waals surface area contributed by atoms with Gasteiger partial charge in [0.1, 0.15) is 17.4 Å². The van der Waals surface area contributed by atoms with E-state index < -0.39 is 17.5 Å². The summed E-state index contributed by atoms with van der Waals surface area (Å²) in [5.74, 6) is -1.95. The van der Waals surface area contributed by atoms with Crippen molar-refractivity contribution < 1.29 is 24.2 Å². The number of nitrogens with zero attached hydrogens (tertiary/aromatic N) is 3. The van der Waals surface area contributed by atoms with Crippen molar-refractivity contribution in [2.24, 2.45) is 0 Å². The zero-order valence-electron chi connectivity index (χ0n) is 16.1. The van der Waals surface area contributed by atoms with Crippen molar-refractivity contribution in [2.75, 3.05) is 13.1 Å². The topological polar surface area (TPSA) is 116 Å². The Morgan fingerprint density at radius 3 is 2.52 bits per heavy atom. The minimum atomic E-state index is -0.693. The molecule has 9 heteroatoms. The highest BCUT2D eigenvalue weighted by Gasteiger charge is 2.24. The third-order valence-electron chi connectivity index (χ3n) is 4.95. The van der Waals surface area contributed by atoms with Gasteiger partial charge in [0.15, 0.2) is 5.69 Å². The third kappa shape index (κ3) is 5.26. The molecule has 1 aromatic carbocycles. The predicted octanol–water partition coefficient (Wildman–Crippen LogP) is 1.55. The number of ketones is 1. The van der Waals surface area contributed by atoms with Crippen LogP contribution in [0.4, 0.5) is 4.39 Å². The van der Waals surface area contributed by atoms with E-state index in [4.69, 9.17) is 0 Å². The summed E-state index contributed by atoms with van der Waals surface area (Å²) >= 11 is 0. The van der Waals surface area contributed by atoms with Gasteiger partial charge in [0.25, 0.3) is 11.8 Å². The van der Waals surface area contributed by atoms with Gasteiger partial charge in [-0.25, -0.2) is 9.37 Å². The Hall–Kier alpha value is -3.07. The fourth-order valence-electron chi connectivity index (χ4n) is 3.21. The summed E-state index contributed by atoms with van der Waals surface area (Å²) in [7, 11) is 0. The summed E-state index contributed by atoms with van der Waals surface area (Å²) < 4.78 is 13.0. The van der Waals surface area contributed by atoms with Gasteiger partial charge in [0.05, 0.1) is 0 Å².